The van der Waals surface area contributed by atoms with Gasteiger partial charge in [-0.15, -0.1) is 0 Å². The molecule has 1 atom stereocenters. The van der Waals surface area contributed by atoms with Gasteiger partial charge in [0.15, 0.2) is 0 Å². The summed E-state index contributed by atoms with van der Waals surface area (Å²) in [6.45, 7) is 10.6. The third kappa shape index (κ3) is 6.13. The zero-order chi connectivity index (χ0) is 20.7. The van der Waals surface area contributed by atoms with Gasteiger partial charge in [-0.1, -0.05) is 60.2 Å². The molecular formula is C24H33N3O2. The Morgan fingerprint density at radius 1 is 1.03 bits per heavy atom. The average Bonchev–Trinajstić information content (AvgIpc) is 2.75. The highest BCUT2D eigenvalue weighted by Gasteiger charge is 2.28. The van der Waals surface area contributed by atoms with Gasteiger partial charge < -0.3 is 10.1 Å². The molecule has 0 bridgehead atoms. The topological polar surface area (TPSA) is 53.6 Å². The summed E-state index contributed by atoms with van der Waals surface area (Å²) in [4.78, 5) is 15.0. The number of hydrogen-bond acceptors (Lipinski definition) is 4. The zero-order valence-electron chi connectivity index (χ0n) is 17.8. The van der Waals surface area contributed by atoms with Crippen molar-refractivity contribution in [3.8, 4) is 0 Å². The van der Waals surface area contributed by atoms with E-state index in [0.717, 1.165) is 37.4 Å². The van der Waals surface area contributed by atoms with Crippen molar-refractivity contribution in [3.63, 3.8) is 0 Å². The van der Waals surface area contributed by atoms with Crippen molar-refractivity contribution in [1.29, 1.82) is 0 Å². The van der Waals surface area contributed by atoms with E-state index in [1.54, 1.807) is 0 Å². The molecule has 3 rings (SSSR count). The molecule has 0 spiro atoms. The fourth-order valence-corrected chi connectivity index (χ4v) is 3.69. The molecule has 0 radical (unpaired) electrons. The molecule has 5 heteroatoms. The second-order valence-corrected chi connectivity index (χ2v) is 8.32. The predicted molar refractivity (Wildman–Crippen MR) is 117 cm³/mol. The summed E-state index contributed by atoms with van der Waals surface area (Å²) in [7, 11) is 0. The first-order valence-corrected chi connectivity index (χ1v) is 10.4. The van der Waals surface area contributed by atoms with Crippen molar-refractivity contribution in [2.24, 2.45) is 0 Å². The lowest BCUT2D eigenvalue weighted by atomic mass is 9.98. The van der Waals surface area contributed by atoms with Gasteiger partial charge in [-0.05, 0) is 31.9 Å². The van der Waals surface area contributed by atoms with E-state index >= 15 is 0 Å². The molecule has 2 N–H and O–H groups in total. The molecule has 2 aromatic carbocycles. The standard InChI is InChI=1S/C24H33N3O2/c1-19-9-11-21(12-10-19)23(20-7-5-4-6-8-20)25-17-22(28)26-18-24(2,3)27-13-15-29-16-14-27/h4-12,23,25H,13-18H2,1-3H3,(H,26,28). The lowest BCUT2D eigenvalue weighted by Crippen LogP contribution is -2.56. The maximum Gasteiger partial charge on any atom is 0.234 e. The summed E-state index contributed by atoms with van der Waals surface area (Å²) in [5, 5.41) is 6.55. The van der Waals surface area contributed by atoms with Gasteiger partial charge in [-0.2, -0.15) is 0 Å². The maximum absolute atomic E-state index is 12.6. The number of amides is 1. The summed E-state index contributed by atoms with van der Waals surface area (Å²) in [6.07, 6.45) is 0. The van der Waals surface area contributed by atoms with Crippen molar-refractivity contribution < 1.29 is 9.53 Å². The first-order valence-electron chi connectivity index (χ1n) is 10.4. The normalized spacial score (nSPS) is 16.4. The highest BCUT2D eigenvalue weighted by atomic mass is 16.5. The first-order chi connectivity index (χ1) is 14.0. The largest absolute Gasteiger partial charge is 0.379 e. The van der Waals surface area contributed by atoms with Gasteiger partial charge in [-0.25, -0.2) is 0 Å². The fraction of sp³-hybridized carbons (Fsp3) is 0.458. The molecule has 1 aliphatic rings. The SMILES string of the molecule is Cc1ccc(C(NCC(=O)NCC(C)(C)N2CCOCC2)c2ccccc2)cc1. The number of benzene rings is 2. The van der Waals surface area contributed by atoms with Gasteiger partial charge in [0.2, 0.25) is 5.91 Å². The van der Waals surface area contributed by atoms with Gasteiger partial charge in [0.1, 0.15) is 0 Å². The lowest BCUT2D eigenvalue weighted by molar-refractivity contribution is -0.121. The molecule has 2 aromatic rings. The van der Waals surface area contributed by atoms with Crippen LogP contribution >= 0.6 is 0 Å². The van der Waals surface area contributed by atoms with Crippen LogP contribution in [-0.2, 0) is 9.53 Å². The van der Waals surface area contributed by atoms with Crippen LogP contribution in [0.15, 0.2) is 54.6 Å². The van der Waals surface area contributed by atoms with Crippen LogP contribution in [-0.4, -0.2) is 55.7 Å². The quantitative estimate of drug-likeness (QED) is 0.722. The summed E-state index contributed by atoms with van der Waals surface area (Å²) < 4.78 is 5.44. The molecule has 0 saturated carbocycles. The number of ether oxygens (including phenoxy) is 1. The van der Waals surface area contributed by atoms with E-state index < -0.39 is 0 Å². The van der Waals surface area contributed by atoms with Crippen molar-refractivity contribution in [2.75, 3.05) is 39.4 Å². The molecule has 0 aromatic heterocycles. The number of nitrogens with zero attached hydrogens (tertiary/aromatic N) is 1. The van der Waals surface area contributed by atoms with Crippen molar-refractivity contribution in [1.82, 2.24) is 15.5 Å². The first kappa shape index (κ1) is 21.5. The van der Waals surface area contributed by atoms with Gasteiger partial charge in [0, 0.05) is 25.2 Å². The average molecular weight is 396 g/mol. The van der Waals surface area contributed by atoms with E-state index in [4.69, 9.17) is 4.74 Å². The van der Waals surface area contributed by atoms with Crippen molar-refractivity contribution in [2.45, 2.75) is 32.4 Å². The third-order valence-corrected chi connectivity index (χ3v) is 5.60. The summed E-state index contributed by atoms with van der Waals surface area (Å²) >= 11 is 0. The number of nitrogens with one attached hydrogen (secondary N) is 2. The molecule has 1 saturated heterocycles. The molecule has 1 fully saturated rings. The van der Waals surface area contributed by atoms with E-state index in [1.165, 1.54) is 5.56 Å². The van der Waals surface area contributed by atoms with E-state index in [9.17, 15) is 4.79 Å². The molecule has 5 nitrogen and oxygen atoms in total. The molecule has 156 valence electrons. The molecule has 0 aliphatic carbocycles. The van der Waals surface area contributed by atoms with Crippen LogP contribution in [0.5, 0.6) is 0 Å². The summed E-state index contributed by atoms with van der Waals surface area (Å²) in [5.41, 5.74) is 3.44. The van der Waals surface area contributed by atoms with Crippen LogP contribution in [0, 0.1) is 6.92 Å². The highest BCUT2D eigenvalue weighted by Crippen LogP contribution is 2.22. The molecule has 1 aliphatic heterocycles. The maximum atomic E-state index is 12.6. The highest BCUT2D eigenvalue weighted by molar-refractivity contribution is 5.78. The lowest BCUT2D eigenvalue weighted by Gasteiger charge is -2.40. The zero-order valence-corrected chi connectivity index (χ0v) is 17.8. The van der Waals surface area contributed by atoms with Gasteiger partial charge >= 0.3 is 0 Å². The fourth-order valence-electron chi connectivity index (χ4n) is 3.69. The molecule has 1 amide bonds. The van der Waals surface area contributed by atoms with Crippen LogP contribution in [0.3, 0.4) is 0 Å². The Bertz CT molecular complexity index is 768. The van der Waals surface area contributed by atoms with E-state index in [1.807, 2.05) is 18.2 Å². The van der Waals surface area contributed by atoms with Crippen LogP contribution in [0.25, 0.3) is 0 Å². The number of rotatable bonds is 8. The Balaban J connectivity index is 1.58. The minimum atomic E-state index is -0.0881. The smallest absolute Gasteiger partial charge is 0.234 e. The van der Waals surface area contributed by atoms with Crippen LogP contribution < -0.4 is 10.6 Å². The van der Waals surface area contributed by atoms with E-state index in [0.29, 0.717) is 6.54 Å². The Kier molecular flexibility index (Phi) is 7.42. The number of hydrogen-bond donors (Lipinski definition) is 2. The number of morpholine rings is 1. The predicted octanol–water partition coefficient (Wildman–Crippen LogP) is 2.90. The second kappa shape index (κ2) is 10.0. The van der Waals surface area contributed by atoms with Gasteiger partial charge in [-0.3, -0.25) is 15.0 Å². The Morgan fingerprint density at radius 2 is 1.66 bits per heavy atom. The minimum Gasteiger partial charge on any atom is -0.379 e. The minimum absolute atomic E-state index is 0.0133. The monoisotopic (exact) mass is 395 g/mol. The van der Waals surface area contributed by atoms with Gasteiger partial charge in [0.25, 0.3) is 0 Å². The van der Waals surface area contributed by atoms with Crippen LogP contribution in [0.4, 0.5) is 0 Å². The Morgan fingerprint density at radius 3 is 2.31 bits per heavy atom. The Labute approximate surface area is 174 Å². The number of carbonyl (C=O) groups excluding carboxylic acids is 1. The van der Waals surface area contributed by atoms with Gasteiger partial charge in [0.05, 0.1) is 25.8 Å². The van der Waals surface area contributed by atoms with Crippen LogP contribution in [0.1, 0.15) is 36.6 Å². The second-order valence-electron chi connectivity index (χ2n) is 8.32. The Hall–Kier alpha value is -2.21. The summed E-state index contributed by atoms with van der Waals surface area (Å²) in [5.74, 6) is 0.0133. The molecule has 1 unspecified atom stereocenters. The summed E-state index contributed by atoms with van der Waals surface area (Å²) in [6, 6.07) is 18.7. The van der Waals surface area contributed by atoms with E-state index in [2.05, 4.69) is 72.7 Å². The molecule has 29 heavy (non-hydrogen) atoms. The van der Waals surface area contributed by atoms with Crippen molar-refractivity contribution in [3.05, 3.63) is 71.3 Å². The molecular weight excluding hydrogens is 362 g/mol. The molecule has 1 heterocycles. The van der Waals surface area contributed by atoms with Crippen molar-refractivity contribution >= 4 is 5.91 Å². The number of carbonyl (C=O) groups is 1. The van der Waals surface area contributed by atoms with Crippen LogP contribution in [0.2, 0.25) is 0 Å². The number of aryl methyl sites for hydroxylation is 1. The van der Waals surface area contributed by atoms with E-state index in [-0.39, 0.29) is 24.0 Å². The third-order valence-electron chi connectivity index (χ3n) is 5.60.